The molecule has 2 heterocycles. The van der Waals surface area contributed by atoms with E-state index in [4.69, 9.17) is 0 Å². The van der Waals surface area contributed by atoms with Crippen LogP contribution in [0.15, 0.2) is 78.9 Å². The number of pyridine rings is 1. The van der Waals surface area contributed by atoms with Crippen molar-refractivity contribution in [3.05, 3.63) is 90.3 Å². The fourth-order valence-electron chi connectivity index (χ4n) is 3.47. The van der Waals surface area contributed by atoms with E-state index in [1.165, 1.54) is 0 Å². The molecule has 0 bridgehead atoms. The smallest absolute Gasteiger partial charge is 0.279 e. The van der Waals surface area contributed by atoms with E-state index >= 15 is 0 Å². The van der Waals surface area contributed by atoms with Crippen LogP contribution in [0.5, 0.6) is 0 Å². The Labute approximate surface area is 166 Å². The fourth-order valence-corrected chi connectivity index (χ4v) is 3.47. The van der Waals surface area contributed by atoms with Crippen molar-refractivity contribution in [3.8, 4) is 5.69 Å². The maximum Gasteiger partial charge on any atom is 0.279 e. The Morgan fingerprint density at radius 3 is 2.52 bits per heavy atom. The summed E-state index contributed by atoms with van der Waals surface area (Å²) in [4.78, 5) is 17.3. The van der Waals surface area contributed by atoms with Crippen molar-refractivity contribution < 1.29 is 4.79 Å². The lowest BCUT2D eigenvalue weighted by atomic mass is 10.1. The maximum absolute atomic E-state index is 12.8. The molecule has 0 unspecified atom stereocenters. The molecule has 0 spiro atoms. The average molecular weight is 379 g/mol. The van der Waals surface area contributed by atoms with Crippen LogP contribution in [-0.2, 0) is 0 Å². The van der Waals surface area contributed by atoms with Gasteiger partial charge in [-0.1, -0.05) is 59.8 Å². The van der Waals surface area contributed by atoms with Gasteiger partial charge in [-0.3, -0.25) is 4.79 Å². The molecule has 5 rings (SSSR count). The standard InChI is InChI=1S/C23H17N5O/c1-15-22(23(29)25-21-14-13-17-8-3-5-11-19(17)24-21)26-27-28(15)20-12-6-9-16-7-2-4-10-18(16)20/h2-14H,1H3,(H,24,25,29). The normalized spacial score (nSPS) is 11.1. The van der Waals surface area contributed by atoms with Crippen LogP contribution in [0.2, 0.25) is 0 Å². The van der Waals surface area contributed by atoms with Crippen molar-refractivity contribution in [2.75, 3.05) is 5.32 Å². The molecule has 1 N–H and O–H groups in total. The number of nitrogens with zero attached hydrogens (tertiary/aromatic N) is 4. The van der Waals surface area contributed by atoms with Crippen LogP contribution in [-0.4, -0.2) is 25.9 Å². The van der Waals surface area contributed by atoms with Gasteiger partial charge in [0.25, 0.3) is 5.91 Å². The number of benzene rings is 3. The number of rotatable bonds is 3. The first kappa shape index (κ1) is 17.1. The van der Waals surface area contributed by atoms with Gasteiger partial charge in [-0.25, -0.2) is 9.67 Å². The Morgan fingerprint density at radius 1 is 0.862 bits per heavy atom. The van der Waals surface area contributed by atoms with E-state index < -0.39 is 0 Å². The summed E-state index contributed by atoms with van der Waals surface area (Å²) in [5.74, 6) is 0.143. The summed E-state index contributed by atoms with van der Waals surface area (Å²) in [6.07, 6.45) is 0. The van der Waals surface area contributed by atoms with Gasteiger partial charge < -0.3 is 5.32 Å². The molecule has 0 aliphatic heterocycles. The lowest BCUT2D eigenvalue weighted by molar-refractivity contribution is 0.102. The Balaban J connectivity index is 1.49. The molecule has 0 radical (unpaired) electrons. The van der Waals surface area contributed by atoms with E-state index in [2.05, 4.69) is 20.6 Å². The predicted octanol–water partition coefficient (Wildman–Crippen LogP) is 4.53. The topological polar surface area (TPSA) is 72.7 Å². The third-order valence-corrected chi connectivity index (χ3v) is 4.94. The van der Waals surface area contributed by atoms with Gasteiger partial charge in [-0.15, -0.1) is 5.10 Å². The quantitative estimate of drug-likeness (QED) is 0.500. The zero-order valence-corrected chi connectivity index (χ0v) is 15.7. The van der Waals surface area contributed by atoms with Crippen molar-refractivity contribution in [1.82, 2.24) is 20.0 Å². The van der Waals surface area contributed by atoms with Crippen LogP contribution in [0, 0.1) is 6.92 Å². The highest BCUT2D eigenvalue weighted by atomic mass is 16.2. The number of para-hydroxylation sites is 1. The largest absolute Gasteiger partial charge is 0.305 e. The number of fused-ring (bicyclic) bond motifs is 2. The van der Waals surface area contributed by atoms with E-state index in [9.17, 15) is 4.79 Å². The Kier molecular flexibility index (Phi) is 4.02. The maximum atomic E-state index is 12.8. The molecular formula is C23H17N5O. The number of carbonyl (C=O) groups excluding carboxylic acids is 1. The van der Waals surface area contributed by atoms with E-state index in [0.29, 0.717) is 11.5 Å². The third kappa shape index (κ3) is 3.00. The molecule has 29 heavy (non-hydrogen) atoms. The molecule has 0 aliphatic rings. The summed E-state index contributed by atoms with van der Waals surface area (Å²) in [5.41, 5.74) is 2.64. The third-order valence-electron chi connectivity index (χ3n) is 4.94. The fraction of sp³-hybridized carbons (Fsp3) is 0.0435. The molecule has 6 nitrogen and oxygen atoms in total. The zero-order chi connectivity index (χ0) is 19.8. The van der Waals surface area contributed by atoms with Gasteiger partial charge in [0.1, 0.15) is 5.82 Å². The second kappa shape index (κ2) is 6.83. The van der Waals surface area contributed by atoms with Crippen LogP contribution >= 0.6 is 0 Å². The molecule has 140 valence electrons. The molecule has 3 aromatic carbocycles. The lowest BCUT2D eigenvalue weighted by Crippen LogP contribution is -2.15. The Bertz CT molecular complexity index is 1370. The van der Waals surface area contributed by atoms with Crippen molar-refractivity contribution in [3.63, 3.8) is 0 Å². The van der Waals surface area contributed by atoms with E-state index in [0.717, 1.165) is 27.4 Å². The highest BCUT2D eigenvalue weighted by Crippen LogP contribution is 2.23. The van der Waals surface area contributed by atoms with Crippen molar-refractivity contribution >= 4 is 33.4 Å². The number of anilines is 1. The second-order valence-electron chi connectivity index (χ2n) is 6.78. The molecule has 0 aliphatic carbocycles. The molecule has 0 atom stereocenters. The molecule has 0 saturated carbocycles. The summed E-state index contributed by atoms with van der Waals surface area (Å²) in [6.45, 7) is 1.84. The number of carbonyl (C=O) groups is 1. The van der Waals surface area contributed by atoms with Crippen molar-refractivity contribution in [2.45, 2.75) is 6.92 Å². The van der Waals surface area contributed by atoms with Gasteiger partial charge in [0.05, 0.1) is 16.9 Å². The van der Waals surface area contributed by atoms with Gasteiger partial charge in [0.15, 0.2) is 5.69 Å². The lowest BCUT2D eigenvalue weighted by Gasteiger charge is -2.08. The number of hydrogen-bond acceptors (Lipinski definition) is 4. The molecule has 0 saturated heterocycles. The number of amides is 1. The monoisotopic (exact) mass is 379 g/mol. The second-order valence-corrected chi connectivity index (χ2v) is 6.78. The number of nitrogens with one attached hydrogen (secondary N) is 1. The van der Waals surface area contributed by atoms with Gasteiger partial charge in [0, 0.05) is 10.8 Å². The van der Waals surface area contributed by atoms with E-state index in [-0.39, 0.29) is 11.6 Å². The first-order chi connectivity index (χ1) is 14.2. The van der Waals surface area contributed by atoms with Crippen LogP contribution in [0.4, 0.5) is 5.82 Å². The highest BCUT2D eigenvalue weighted by molar-refractivity contribution is 6.03. The summed E-state index contributed by atoms with van der Waals surface area (Å²) >= 11 is 0. The van der Waals surface area contributed by atoms with Crippen LogP contribution in [0.25, 0.3) is 27.4 Å². The van der Waals surface area contributed by atoms with Crippen molar-refractivity contribution in [1.29, 1.82) is 0 Å². The summed E-state index contributed by atoms with van der Waals surface area (Å²) in [5, 5.41) is 14.4. The minimum absolute atomic E-state index is 0.271. The molecule has 6 heteroatoms. The molecule has 0 fully saturated rings. The molecule has 2 aromatic heterocycles. The highest BCUT2D eigenvalue weighted by Gasteiger charge is 2.19. The molecule has 1 amide bonds. The van der Waals surface area contributed by atoms with E-state index in [1.54, 1.807) is 10.7 Å². The summed E-state index contributed by atoms with van der Waals surface area (Å²) in [6, 6.07) is 25.5. The predicted molar refractivity (Wildman–Crippen MR) is 113 cm³/mol. The zero-order valence-electron chi connectivity index (χ0n) is 15.7. The first-order valence-electron chi connectivity index (χ1n) is 9.28. The van der Waals surface area contributed by atoms with Gasteiger partial charge in [-0.05, 0) is 36.6 Å². The average Bonchev–Trinajstić information content (AvgIpc) is 3.14. The SMILES string of the molecule is Cc1c(C(=O)Nc2ccc3ccccc3n2)nnn1-c1cccc2ccccc12. The van der Waals surface area contributed by atoms with Crippen LogP contribution in [0.1, 0.15) is 16.2 Å². The summed E-state index contributed by atoms with van der Waals surface area (Å²) in [7, 11) is 0. The first-order valence-corrected chi connectivity index (χ1v) is 9.28. The van der Waals surface area contributed by atoms with Crippen LogP contribution in [0.3, 0.4) is 0 Å². The van der Waals surface area contributed by atoms with Gasteiger partial charge in [0.2, 0.25) is 0 Å². The van der Waals surface area contributed by atoms with E-state index in [1.807, 2.05) is 79.7 Å². The molecular weight excluding hydrogens is 362 g/mol. The number of aromatic nitrogens is 4. The van der Waals surface area contributed by atoms with Crippen LogP contribution < -0.4 is 5.32 Å². The Hall–Kier alpha value is -4.06. The minimum atomic E-state index is -0.336. The summed E-state index contributed by atoms with van der Waals surface area (Å²) < 4.78 is 1.70. The number of hydrogen-bond donors (Lipinski definition) is 1. The Morgan fingerprint density at radius 2 is 1.62 bits per heavy atom. The minimum Gasteiger partial charge on any atom is -0.305 e. The van der Waals surface area contributed by atoms with Crippen molar-refractivity contribution in [2.24, 2.45) is 0 Å². The van der Waals surface area contributed by atoms with Gasteiger partial charge in [-0.2, -0.15) is 0 Å². The molecule has 5 aromatic rings. The van der Waals surface area contributed by atoms with Gasteiger partial charge >= 0.3 is 0 Å².